The molecule has 130 valence electrons. The Morgan fingerprint density at radius 1 is 1.29 bits per heavy atom. The summed E-state index contributed by atoms with van der Waals surface area (Å²) in [6, 6.07) is 2.99. The average Bonchev–Trinajstić information content (AvgIpc) is 3.22. The van der Waals surface area contributed by atoms with Crippen molar-refractivity contribution in [2.75, 3.05) is 5.32 Å². The first-order chi connectivity index (χ1) is 11.5. The molecular weight excluding hydrogens is 298 g/mol. The molecule has 0 aromatic carbocycles. The maximum Gasteiger partial charge on any atom is 0.160 e. The van der Waals surface area contributed by atoms with Crippen molar-refractivity contribution < 1.29 is 0 Å². The Bertz CT molecular complexity index is 744. The first-order valence-electron chi connectivity index (χ1n) is 9.39. The minimum absolute atomic E-state index is 0.125. The number of hydrogen-bond donors (Lipinski definition) is 2. The van der Waals surface area contributed by atoms with Crippen LogP contribution in [0.15, 0.2) is 12.3 Å². The molecule has 2 aromatic rings. The molecule has 2 aromatic heterocycles. The van der Waals surface area contributed by atoms with E-state index in [1.165, 1.54) is 24.1 Å². The molecule has 5 nitrogen and oxygen atoms in total. The zero-order valence-electron chi connectivity index (χ0n) is 15.0. The quantitative estimate of drug-likeness (QED) is 0.884. The van der Waals surface area contributed by atoms with E-state index in [0.717, 1.165) is 43.1 Å². The molecule has 2 atom stereocenters. The van der Waals surface area contributed by atoms with Gasteiger partial charge in [0, 0.05) is 29.1 Å². The van der Waals surface area contributed by atoms with Crippen LogP contribution in [0.2, 0.25) is 0 Å². The van der Waals surface area contributed by atoms with Gasteiger partial charge in [-0.2, -0.15) is 9.61 Å². The van der Waals surface area contributed by atoms with Gasteiger partial charge in [-0.15, -0.1) is 0 Å². The average molecular weight is 327 g/mol. The monoisotopic (exact) mass is 327 g/mol. The summed E-state index contributed by atoms with van der Waals surface area (Å²) in [4.78, 5) is 5.02. The third kappa shape index (κ3) is 2.69. The van der Waals surface area contributed by atoms with Gasteiger partial charge in [-0.05, 0) is 44.4 Å². The molecule has 0 spiro atoms. The SMILES string of the molecule is CCc1cnn2c(N[C@H]3CC[C@H](N)C3)cc(C(C)(C)C3CC3)nc12. The number of nitrogens with zero attached hydrogens (tertiary/aromatic N) is 3. The fraction of sp³-hybridized carbons (Fsp3) is 0.684. The number of anilines is 1. The van der Waals surface area contributed by atoms with E-state index < -0.39 is 0 Å². The number of fused-ring (bicyclic) bond motifs is 1. The van der Waals surface area contributed by atoms with E-state index >= 15 is 0 Å². The van der Waals surface area contributed by atoms with E-state index in [0.29, 0.717) is 12.1 Å². The van der Waals surface area contributed by atoms with Gasteiger partial charge in [0.05, 0.1) is 11.9 Å². The van der Waals surface area contributed by atoms with Crippen LogP contribution in [0.25, 0.3) is 5.65 Å². The summed E-state index contributed by atoms with van der Waals surface area (Å²) in [6.45, 7) is 6.84. The van der Waals surface area contributed by atoms with Crippen LogP contribution in [-0.4, -0.2) is 26.7 Å². The minimum atomic E-state index is 0.125. The predicted octanol–water partition coefficient (Wildman–Crippen LogP) is 3.27. The molecule has 2 fully saturated rings. The molecule has 0 radical (unpaired) electrons. The summed E-state index contributed by atoms with van der Waals surface area (Å²) in [5, 5.41) is 8.30. The van der Waals surface area contributed by atoms with E-state index in [4.69, 9.17) is 10.7 Å². The number of nitrogens with one attached hydrogen (secondary N) is 1. The molecule has 2 aliphatic rings. The molecule has 2 saturated carbocycles. The molecule has 24 heavy (non-hydrogen) atoms. The zero-order valence-corrected chi connectivity index (χ0v) is 15.0. The third-order valence-corrected chi connectivity index (χ3v) is 6.01. The Labute approximate surface area is 144 Å². The molecule has 4 rings (SSSR count). The van der Waals surface area contributed by atoms with Gasteiger partial charge in [-0.25, -0.2) is 4.98 Å². The van der Waals surface area contributed by atoms with Crippen molar-refractivity contribution >= 4 is 11.5 Å². The van der Waals surface area contributed by atoms with Crippen LogP contribution in [0.5, 0.6) is 0 Å². The molecule has 0 bridgehead atoms. The van der Waals surface area contributed by atoms with Gasteiger partial charge in [0.15, 0.2) is 5.65 Å². The van der Waals surface area contributed by atoms with E-state index in [1.807, 2.05) is 10.7 Å². The lowest BCUT2D eigenvalue weighted by Gasteiger charge is -2.25. The molecule has 0 amide bonds. The summed E-state index contributed by atoms with van der Waals surface area (Å²) in [6.07, 6.45) is 8.83. The van der Waals surface area contributed by atoms with Crippen molar-refractivity contribution in [2.45, 2.75) is 76.8 Å². The van der Waals surface area contributed by atoms with Crippen LogP contribution >= 0.6 is 0 Å². The molecule has 2 aliphatic carbocycles. The molecule has 0 saturated heterocycles. The summed E-state index contributed by atoms with van der Waals surface area (Å²) in [5.74, 6) is 1.83. The van der Waals surface area contributed by atoms with E-state index in [1.54, 1.807) is 0 Å². The second-order valence-electron chi connectivity index (χ2n) is 8.20. The fourth-order valence-electron chi connectivity index (χ4n) is 4.06. The number of rotatable bonds is 5. The van der Waals surface area contributed by atoms with Crippen molar-refractivity contribution in [2.24, 2.45) is 11.7 Å². The number of aryl methyl sites for hydroxylation is 1. The molecular formula is C19H29N5. The van der Waals surface area contributed by atoms with Crippen molar-refractivity contribution in [1.29, 1.82) is 0 Å². The molecule has 5 heteroatoms. The topological polar surface area (TPSA) is 68.2 Å². The van der Waals surface area contributed by atoms with Crippen molar-refractivity contribution in [1.82, 2.24) is 14.6 Å². The third-order valence-electron chi connectivity index (χ3n) is 6.01. The Morgan fingerprint density at radius 2 is 2.08 bits per heavy atom. The second kappa shape index (κ2) is 5.73. The van der Waals surface area contributed by atoms with Crippen molar-refractivity contribution in [3.05, 3.63) is 23.5 Å². The maximum absolute atomic E-state index is 6.09. The maximum atomic E-state index is 6.09. The summed E-state index contributed by atoms with van der Waals surface area (Å²) < 4.78 is 1.98. The van der Waals surface area contributed by atoms with E-state index in [2.05, 4.69) is 37.3 Å². The highest BCUT2D eigenvalue weighted by atomic mass is 15.3. The van der Waals surface area contributed by atoms with Crippen LogP contribution in [0, 0.1) is 5.92 Å². The second-order valence-corrected chi connectivity index (χ2v) is 8.20. The highest BCUT2D eigenvalue weighted by Gasteiger charge is 2.40. The summed E-state index contributed by atoms with van der Waals surface area (Å²) >= 11 is 0. The first kappa shape index (κ1) is 15.9. The van der Waals surface area contributed by atoms with Crippen LogP contribution in [0.4, 0.5) is 5.82 Å². The van der Waals surface area contributed by atoms with Gasteiger partial charge in [0.1, 0.15) is 5.82 Å². The van der Waals surface area contributed by atoms with Crippen LogP contribution in [0.3, 0.4) is 0 Å². The first-order valence-corrected chi connectivity index (χ1v) is 9.39. The van der Waals surface area contributed by atoms with Crippen LogP contribution in [-0.2, 0) is 11.8 Å². The Morgan fingerprint density at radius 3 is 2.71 bits per heavy atom. The summed E-state index contributed by atoms with van der Waals surface area (Å²) in [5.41, 5.74) is 9.63. The molecule has 2 heterocycles. The Hall–Kier alpha value is -1.62. The zero-order chi connectivity index (χ0) is 16.9. The van der Waals surface area contributed by atoms with Crippen LogP contribution in [0.1, 0.15) is 64.1 Å². The van der Waals surface area contributed by atoms with Crippen molar-refractivity contribution in [3.8, 4) is 0 Å². The van der Waals surface area contributed by atoms with E-state index in [9.17, 15) is 0 Å². The van der Waals surface area contributed by atoms with E-state index in [-0.39, 0.29) is 5.41 Å². The standard InChI is InChI=1S/C19H29N5/c1-4-12-11-21-24-17(22-15-8-7-14(20)9-15)10-16(23-18(12)24)19(2,3)13-5-6-13/h10-11,13-15,22H,4-9,20H2,1-3H3/t14-,15-/m0/s1. The smallest absolute Gasteiger partial charge is 0.160 e. The molecule has 3 N–H and O–H groups in total. The molecule has 0 aliphatic heterocycles. The summed E-state index contributed by atoms with van der Waals surface area (Å²) in [7, 11) is 0. The Balaban J connectivity index is 1.77. The number of nitrogens with two attached hydrogens (primary N) is 1. The fourth-order valence-corrected chi connectivity index (χ4v) is 4.06. The van der Waals surface area contributed by atoms with Crippen molar-refractivity contribution in [3.63, 3.8) is 0 Å². The van der Waals surface area contributed by atoms with Gasteiger partial charge in [-0.1, -0.05) is 20.8 Å². The van der Waals surface area contributed by atoms with Gasteiger partial charge in [-0.3, -0.25) is 0 Å². The van der Waals surface area contributed by atoms with Gasteiger partial charge in [0.2, 0.25) is 0 Å². The Kier molecular flexibility index (Phi) is 3.79. The lowest BCUT2D eigenvalue weighted by atomic mass is 9.83. The normalized spacial score (nSPS) is 24.7. The lowest BCUT2D eigenvalue weighted by molar-refractivity contribution is 0.441. The predicted molar refractivity (Wildman–Crippen MR) is 97.4 cm³/mol. The van der Waals surface area contributed by atoms with Gasteiger partial charge >= 0.3 is 0 Å². The van der Waals surface area contributed by atoms with Gasteiger partial charge < -0.3 is 11.1 Å². The van der Waals surface area contributed by atoms with Gasteiger partial charge in [0.25, 0.3) is 0 Å². The van der Waals surface area contributed by atoms with Crippen LogP contribution < -0.4 is 11.1 Å². The number of aromatic nitrogens is 3. The molecule has 0 unspecified atom stereocenters. The highest BCUT2D eigenvalue weighted by Crippen LogP contribution is 2.47. The lowest BCUT2D eigenvalue weighted by Crippen LogP contribution is -2.25. The minimum Gasteiger partial charge on any atom is -0.367 e. The largest absolute Gasteiger partial charge is 0.367 e. The number of hydrogen-bond acceptors (Lipinski definition) is 4. The highest BCUT2D eigenvalue weighted by molar-refractivity contribution is 5.55.